The molecule has 0 spiro atoms. The molecule has 0 saturated heterocycles. The van der Waals surface area contributed by atoms with E-state index in [1.807, 2.05) is 24.3 Å². The lowest BCUT2D eigenvalue weighted by Crippen LogP contribution is -2.46. The fourth-order valence-electron chi connectivity index (χ4n) is 2.80. The fourth-order valence-corrected chi connectivity index (χ4v) is 2.80. The van der Waals surface area contributed by atoms with E-state index in [0.717, 1.165) is 17.1 Å². The lowest BCUT2D eigenvalue weighted by Gasteiger charge is -2.27. The topological polar surface area (TPSA) is 64.1 Å². The molecule has 1 aliphatic rings. The van der Waals surface area contributed by atoms with E-state index in [1.165, 1.54) is 12.1 Å². The predicted octanol–water partition coefficient (Wildman–Crippen LogP) is 2.52. The Morgan fingerprint density at radius 2 is 1.93 bits per heavy atom. The van der Waals surface area contributed by atoms with Gasteiger partial charge >= 0.3 is 0 Å². The molecular weight excluding hydrogens is 349 g/mol. The van der Waals surface area contributed by atoms with E-state index in [1.54, 1.807) is 26.3 Å². The molecule has 7 heteroatoms. The van der Waals surface area contributed by atoms with Crippen LogP contribution in [0.2, 0.25) is 0 Å². The van der Waals surface area contributed by atoms with Crippen LogP contribution in [0.4, 0.5) is 4.39 Å². The first-order chi connectivity index (χ1) is 13.2. The van der Waals surface area contributed by atoms with Crippen LogP contribution in [0.1, 0.15) is 11.7 Å². The summed E-state index contributed by atoms with van der Waals surface area (Å²) in [4.78, 5) is 4.21. The van der Waals surface area contributed by atoms with Gasteiger partial charge in [0.15, 0.2) is 17.5 Å². The zero-order chi connectivity index (χ0) is 19.1. The summed E-state index contributed by atoms with van der Waals surface area (Å²) in [6.07, 6.45) is -0.334. The second-order valence-corrected chi connectivity index (χ2v) is 6.11. The maximum absolute atomic E-state index is 13.1. The molecule has 2 N–H and O–H groups in total. The van der Waals surface area contributed by atoms with Gasteiger partial charge < -0.3 is 24.8 Å². The summed E-state index contributed by atoms with van der Waals surface area (Å²) in [5.41, 5.74) is 0.891. The number of hydrogen-bond acceptors (Lipinski definition) is 4. The molecule has 2 aromatic carbocycles. The molecule has 0 bridgehead atoms. The van der Waals surface area contributed by atoms with Crippen LogP contribution < -0.4 is 20.1 Å². The van der Waals surface area contributed by atoms with E-state index in [-0.39, 0.29) is 18.0 Å². The number of nitrogens with one attached hydrogen (secondary N) is 2. The molecule has 27 heavy (non-hydrogen) atoms. The van der Waals surface area contributed by atoms with Gasteiger partial charge in [-0.1, -0.05) is 24.3 Å². The van der Waals surface area contributed by atoms with Gasteiger partial charge in [0, 0.05) is 20.7 Å². The van der Waals surface area contributed by atoms with Gasteiger partial charge in [-0.2, -0.15) is 0 Å². The predicted molar refractivity (Wildman–Crippen MR) is 102 cm³/mol. The van der Waals surface area contributed by atoms with Crippen LogP contribution >= 0.6 is 0 Å². The summed E-state index contributed by atoms with van der Waals surface area (Å²) in [6.45, 7) is 1.51. The van der Waals surface area contributed by atoms with E-state index in [4.69, 9.17) is 14.2 Å². The third-order valence-electron chi connectivity index (χ3n) is 4.27. The van der Waals surface area contributed by atoms with Crippen molar-refractivity contribution >= 4 is 5.96 Å². The first-order valence-electron chi connectivity index (χ1n) is 8.81. The largest absolute Gasteiger partial charge is 0.486 e. The molecule has 1 heterocycles. The van der Waals surface area contributed by atoms with Crippen LogP contribution in [-0.2, 0) is 4.74 Å². The quantitative estimate of drug-likeness (QED) is 0.602. The zero-order valence-electron chi connectivity index (χ0n) is 15.4. The molecule has 0 fully saturated rings. The van der Waals surface area contributed by atoms with Gasteiger partial charge in [0.25, 0.3) is 0 Å². The minimum atomic E-state index is -0.268. The van der Waals surface area contributed by atoms with Crippen LogP contribution in [-0.4, -0.2) is 45.9 Å². The summed E-state index contributed by atoms with van der Waals surface area (Å²) in [7, 11) is 3.32. The number of aliphatic imine (C=N–C) groups is 1. The minimum absolute atomic E-state index is 0.117. The van der Waals surface area contributed by atoms with E-state index >= 15 is 0 Å². The van der Waals surface area contributed by atoms with Gasteiger partial charge in [0.2, 0.25) is 0 Å². The van der Waals surface area contributed by atoms with Gasteiger partial charge in [0.05, 0.1) is 12.6 Å². The van der Waals surface area contributed by atoms with Crippen molar-refractivity contribution in [2.75, 3.05) is 33.9 Å². The molecule has 3 rings (SSSR count). The Kier molecular flexibility index (Phi) is 6.49. The summed E-state index contributed by atoms with van der Waals surface area (Å²) < 4.78 is 30.2. The standard InChI is InChI=1S/C20H24FN3O3/c1-22-20(24-12-19(25-2)14-7-9-15(21)10-8-14)23-11-16-13-26-17-5-3-4-6-18(17)27-16/h3-10,16,19H,11-13H2,1-2H3,(H2,22,23,24). The first-order valence-corrected chi connectivity index (χ1v) is 8.81. The molecular formula is C20H24FN3O3. The number of nitrogens with zero attached hydrogens (tertiary/aromatic N) is 1. The normalized spacial score (nSPS) is 17.3. The number of halogens is 1. The number of guanidine groups is 1. The van der Waals surface area contributed by atoms with Crippen molar-refractivity contribution in [3.8, 4) is 11.5 Å². The van der Waals surface area contributed by atoms with Crippen LogP contribution in [0.3, 0.4) is 0 Å². The summed E-state index contributed by atoms with van der Waals surface area (Å²) >= 11 is 0. The lowest BCUT2D eigenvalue weighted by atomic mass is 10.1. The first kappa shape index (κ1) is 19.0. The number of benzene rings is 2. The molecule has 2 aromatic rings. The molecule has 6 nitrogen and oxygen atoms in total. The highest BCUT2D eigenvalue weighted by atomic mass is 19.1. The van der Waals surface area contributed by atoms with Crippen LogP contribution in [0.5, 0.6) is 11.5 Å². The molecule has 2 unspecified atom stereocenters. The Labute approximate surface area is 158 Å². The van der Waals surface area contributed by atoms with Crippen molar-refractivity contribution in [1.29, 1.82) is 0 Å². The van der Waals surface area contributed by atoms with Gasteiger partial charge in [0.1, 0.15) is 18.5 Å². The van der Waals surface area contributed by atoms with Crippen molar-refractivity contribution in [3.63, 3.8) is 0 Å². The Bertz CT molecular complexity index is 767. The Morgan fingerprint density at radius 3 is 2.63 bits per heavy atom. The maximum Gasteiger partial charge on any atom is 0.191 e. The molecule has 0 amide bonds. The molecule has 0 saturated carbocycles. The molecule has 2 atom stereocenters. The molecule has 1 aliphatic heterocycles. The van der Waals surface area contributed by atoms with Gasteiger partial charge in [-0.25, -0.2) is 4.39 Å². The average Bonchev–Trinajstić information content (AvgIpc) is 2.71. The molecule has 0 radical (unpaired) electrons. The number of rotatable bonds is 6. The Balaban J connectivity index is 1.49. The van der Waals surface area contributed by atoms with Crippen molar-refractivity contribution in [2.24, 2.45) is 4.99 Å². The smallest absolute Gasteiger partial charge is 0.191 e. The van der Waals surface area contributed by atoms with E-state index in [9.17, 15) is 4.39 Å². The second-order valence-electron chi connectivity index (χ2n) is 6.11. The monoisotopic (exact) mass is 373 g/mol. The summed E-state index contributed by atoms with van der Waals surface area (Å²) in [6, 6.07) is 13.9. The Morgan fingerprint density at radius 1 is 1.19 bits per heavy atom. The Hall–Kier alpha value is -2.80. The van der Waals surface area contributed by atoms with Crippen molar-refractivity contribution < 1.29 is 18.6 Å². The van der Waals surface area contributed by atoms with E-state index in [0.29, 0.717) is 25.7 Å². The number of ether oxygens (including phenoxy) is 3. The minimum Gasteiger partial charge on any atom is -0.486 e. The van der Waals surface area contributed by atoms with Gasteiger partial charge in [-0.3, -0.25) is 4.99 Å². The molecule has 0 aromatic heterocycles. The molecule has 144 valence electrons. The summed E-state index contributed by atoms with van der Waals surface area (Å²) in [5, 5.41) is 6.44. The van der Waals surface area contributed by atoms with Crippen LogP contribution in [0.25, 0.3) is 0 Å². The van der Waals surface area contributed by atoms with Crippen LogP contribution in [0, 0.1) is 5.82 Å². The highest BCUT2D eigenvalue weighted by Crippen LogP contribution is 2.30. The van der Waals surface area contributed by atoms with E-state index < -0.39 is 0 Å². The highest BCUT2D eigenvalue weighted by Gasteiger charge is 2.21. The van der Waals surface area contributed by atoms with Crippen molar-refractivity contribution in [2.45, 2.75) is 12.2 Å². The van der Waals surface area contributed by atoms with Crippen LogP contribution in [0.15, 0.2) is 53.5 Å². The van der Waals surface area contributed by atoms with Gasteiger partial charge in [-0.05, 0) is 29.8 Å². The lowest BCUT2D eigenvalue weighted by molar-refractivity contribution is 0.0930. The maximum atomic E-state index is 13.1. The number of fused-ring (bicyclic) bond motifs is 1. The number of hydrogen-bond donors (Lipinski definition) is 2. The van der Waals surface area contributed by atoms with Gasteiger partial charge in [-0.15, -0.1) is 0 Å². The average molecular weight is 373 g/mol. The molecule has 0 aliphatic carbocycles. The third kappa shape index (κ3) is 5.10. The fraction of sp³-hybridized carbons (Fsp3) is 0.350. The number of methoxy groups -OCH3 is 1. The highest BCUT2D eigenvalue weighted by molar-refractivity contribution is 5.79. The van der Waals surface area contributed by atoms with E-state index in [2.05, 4.69) is 15.6 Å². The zero-order valence-corrected chi connectivity index (χ0v) is 15.4. The SMILES string of the molecule is CN=C(NCC1COc2ccccc2O1)NCC(OC)c1ccc(F)cc1. The second kappa shape index (κ2) is 9.23. The van der Waals surface area contributed by atoms with Crippen molar-refractivity contribution in [1.82, 2.24) is 10.6 Å². The third-order valence-corrected chi connectivity index (χ3v) is 4.27. The summed E-state index contributed by atoms with van der Waals surface area (Å²) in [5.74, 6) is 1.87. The number of para-hydroxylation sites is 2. The van der Waals surface area contributed by atoms with Crippen molar-refractivity contribution in [3.05, 3.63) is 59.9 Å².